The average molecular weight is 367 g/mol. The molecule has 2 aromatic rings. The molecule has 0 fully saturated rings. The molecule has 0 heterocycles. The van der Waals surface area contributed by atoms with E-state index in [1.807, 2.05) is 0 Å². The second kappa shape index (κ2) is 8.04. The maximum atomic E-state index is 12.4. The summed E-state index contributed by atoms with van der Waals surface area (Å²) in [7, 11) is 3.09. The van der Waals surface area contributed by atoms with E-state index in [4.69, 9.17) is 27.9 Å². The normalized spacial score (nSPS) is 10.2. The van der Waals surface area contributed by atoms with E-state index in [-0.39, 0.29) is 28.9 Å². The van der Waals surface area contributed by atoms with Gasteiger partial charge in [0.05, 0.1) is 24.2 Å². The molecule has 0 aliphatic rings. The number of hydrogen-bond acceptors (Lipinski definition) is 3. The molecule has 0 saturated carbocycles. The number of rotatable bonds is 5. The van der Waals surface area contributed by atoms with Gasteiger partial charge < -0.3 is 15.0 Å². The van der Waals surface area contributed by atoms with Crippen LogP contribution >= 0.6 is 23.2 Å². The van der Waals surface area contributed by atoms with Crippen LogP contribution in [-0.4, -0.2) is 37.4 Å². The van der Waals surface area contributed by atoms with E-state index in [0.717, 1.165) is 0 Å². The van der Waals surface area contributed by atoms with Crippen LogP contribution in [0.2, 0.25) is 10.0 Å². The van der Waals surface area contributed by atoms with Crippen molar-refractivity contribution in [3.05, 3.63) is 58.1 Å². The molecule has 0 aliphatic heterocycles. The van der Waals surface area contributed by atoms with Gasteiger partial charge in [0.25, 0.3) is 5.91 Å². The van der Waals surface area contributed by atoms with Crippen molar-refractivity contribution in [2.24, 2.45) is 0 Å². The number of ether oxygens (including phenoxy) is 1. The Balaban J connectivity index is 1.99. The Bertz CT molecular complexity index is 748. The lowest BCUT2D eigenvalue weighted by molar-refractivity contribution is -0.116. The highest BCUT2D eigenvalue weighted by atomic mass is 35.5. The number of carbonyl (C=O) groups is 2. The number of halogens is 2. The summed E-state index contributed by atoms with van der Waals surface area (Å²) >= 11 is 11.9. The molecule has 1 N–H and O–H groups in total. The highest BCUT2D eigenvalue weighted by Crippen LogP contribution is 2.22. The van der Waals surface area contributed by atoms with Gasteiger partial charge in [0, 0.05) is 17.8 Å². The first-order chi connectivity index (χ1) is 11.4. The van der Waals surface area contributed by atoms with Gasteiger partial charge in [-0.05, 0) is 42.5 Å². The fourth-order valence-corrected chi connectivity index (χ4v) is 2.40. The van der Waals surface area contributed by atoms with E-state index < -0.39 is 0 Å². The Labute approximate surface area is 150 Å². The molecule has 0 bridgehead atoms. The molecule has 0 radical (unpaired) electrons. The quantitative estimate of drug-likeness (QED) is 0.877. The van der Waals surface area contributed by atoms with Crippen molar-refractivity contribution >= 4 is 40.7 Å². The third kappa shape index (κ3) is 4.63. The number of anilines is 1. The zero-order valence-corrected chi connectivity index (χ0v) is 14.7. The first-order valence-corrected chi connectivity index (χ1v) is 7.80. The summed E-state index contributed by atoms with van der Waals surface area (Å²) in [4.78, 5) is 25.7. The molecule has 0 aliphatic carbocycles. The summed E-state index contributed by atoms with van der Waals surface area (Å²) in [6, 6.07) is 11.5. The van der Waals surface area contributed by atoms with Crippen LogP contribution in [0.3, 0.4) is 0 Å². The predicted octanol–water partition coefficient (Wildman–Crippen LogP) is 3.71. The van der Waals surface area contributed by atoms with Crippen molar-refractivity contribution in [1.82, 2.24) is 4.90 Å². The summed E-state index contributed by atoms with van der Waals surface area (Å²) in [5.74, 6) is -0.0163. The standard InChI is InChI=1S/C17H16Cl2N2O3/c1-21(17(23)14-9-11(18)3-8-15(14)19)10-16(22)20-12-4-6-13(24-2)7-5-12/h3-9H,10H2,1-2H3,(H,20,22). The van der Waals surface area contributed by atoms with Gasteiger partial charge in [-0.3, -0.25) is 9.59 Å². The SMILES string of the molecule is COc1ccc(NC(=O)CN(C)C(=O)c2cc(Cl)ccc2Cl)cc1. The molecule has 24 heavy (non-hydrogen) atoms. The minimum atomic E-state index is -0.382. The summed E-state index contributed by atoms with van der Waals surface area (Å²) in [5.41, 5.74) is 0.867. The van der Waals surface area contributed by atoms with Gasteiger partial charge in [0.1, 0.15) is 5.75 Å². The van der Waals surface area contributed by atoms with Crippen LogP contribution in [0.5, 0.6) is 5.75 Å². The average Bonchev–Trinajstić information content (AvgIpc) is 2.57. The zero-order chi connectivity index (χ0) is 17.7. The number of nitrogens with one attached hydrogen (secondary N) is 1. The second-order valence-corrected chi connectivity index (χ2v) is 5.91. The minimum absolute atomic E-state index is 0.117. The van der Waals surface area contributed by atoms with E-state index in [1.165, 1.54) is 18.0 Å². The van der Waals surface area contributed by atoms with Crippen LogP contribution in [0.1, 0.15) is 10.4 Å². The van der Waals surface area contributed by atoms with Gasteiger partial charge >= 0.3 is 0 Å². The molecule has 7 heteroatoms. The summed E-state index contributed by atoms with van der Waals surface area (Å²) < 4.78 is 5.05. The lowest BCUT2D eigenvalue weighted by Gasteiger charge is -2.17. The van der Waals surface area contributed by atoms with E-state index in [9.17, 15) is 9.59 Å². The molecule has 0 aromatic heterocycles. The summed E-state index contributed by atoms with van der Waals surface area (Å²) in [6.07, 6.45) is 0. The Hall–Kier alpha value is -2.24. The van der Waals surface area contributed by atoms with Crippen molar-refractivity contribution in [1.29, 1.82) is 0 Å². The molecular formula is C17H16Cl2N2O3. The topological polar surface area (TPSA) is 58.6 Å². The summed E-state index contributed by atoms with van der Waals surface area (Å²) in [6.45, 7) is -0.117. The number of benzene rings is 2. The van der Waals surface area contributed by atoms with Crippen molar-refractivity contribution in [2.75, 3.05) is 26.0 Å². The number of methoxy groups -OCH3 is 1. The van der Waals surface area contributed by atoms with Crippen molar-refractivity contribution in [2.45, 2.75) is 0 Å². The number of amides is 2. The molecular weight excluding hydrogens is 351 g/mol. The number of likely N-dealkylation sites (N-methyl/N-ethyl adjacent to an activating group) is 1. The third-order valence-electron chi connectivity index (χ3n) is 3.26. The molecule has 2 rings (SSSR count). The monoisotopic (exact) mass is 366 g/mol. The predicted molar refractivity (Wildman–Crippen MR) is 95.0 cm³/mol. The highest BCUT2D eigenvalue weighted by Gasteiger charge is 2.18. The van der Waals surface area contributed by atoms with Crippen molar-refractivity contribution in [3.8, 4) is 5.75 Å². The first kappa shape index (κ1) is 18.1. The van der Waals surface area contributed by atoms with Crippen LogP contribution in [0.25, 0.3) is 0 Å². The van der Waals surface area contributed by atoms with E-state index in [0.29, 0.717) is 16.5 Å². The molecule has 5 nitrogen and oxygen atoms in total. The third-order valence-corrected chi connectivity index (χ3v) is 3.82. The lowest BCUT2D eigenvalue weighted by Crippen LogP contribution is -2.35. The van der Waals surface area contributed by atoms with Gasteiger partial charge in [-0.1, -0.05) is 23.2 Å². The minimum Gasteiger partial charge on any atom is -0.497 e. The van der Waals surface area contributed by atoms with E-state index in [1.54, 1.807) is 43.5 Å². The second-order valence-electron chi connectivity index (χ2n) is 5.06. The largest absolute Gasteiger partial charge is 0.497 e. The molecule has 126 valence electrons. The van der Waals surface area contributed by atoms with E-state index >= 15 is 0 Å². The van der Waals surface area contributed by atoms with Crippen molar-refractivity contribution < 1.29 is 14.3 Å². The summed E-state index contributed by atoms with van der Waals surface area (Å²) in [5, 5.41) is 3.39. The molecule has 0 saturated heterocycles. The van der Waals surface area contributed by atoms with Crippen LogP contribution in [0.15, 0.2) is 42.5 Å². The fourth-order valence-electron chi connectivity index (χ4n) is 2.03. The van der Waals surface area contributed by atoms with Gasteiger partial charge in [-0.25, -0.2) is 0 Å². The Morgan fingerprint density at radius 1 is 1.12 bits per heavy atom. The Morgan fingerprint density at radius 3 is 2.42 bits per heavy atom. The molecule has 2 amide bonds. The first-order valence-electron chi connectivity index (χ1n) is 7.05. The van der Waals surface area contributed by atoms with Crippen LogP contribution in [0.4, 0.5) is 5.69 Å². The Kier molecular flexibility index (Phi) is 6.06. The smallest absolute Gasteiger partial charge is 0.255 e. The van der Waals surface area contributed by atoms with Gasteiger partial charge in [-0.2, -0.15) is 0 Å². The highest BCUT2D eigenvalue weighted by molar-refractivity contribution is 6.35. The number of hydrogen-bond donors (Lipinski definition) is 1. The van der Waals surface area contributed by atoms with E-state index in [2.05, 4.69) is 5.32 Å². The number of carbonyl (C=O) groups excluding carboxylic acids is 2. The number of nitrogens with zero attached hydrogens (tertiary/aromatic N) is 1. The maximum Gasteiger partial charge on any atom is 0.255 e. The van der Waals surface area contributed by atoms with Crippen LogP contribution in [0, 0.1) is 0 Å². The van der Waals surface area contributed by atoms with Gasteiger partial charge in [0.2, 0.25) is 5.91 Å². The molecule has 0 unspecified atom stereocenters. The van der Waals surface area contributed by atoms with Gasteiger partial charge in [0.15, 0.2) is 0 Å². The molecule has 0 spiro atoms. The van der Waals surface area contributed by atoms with Crippen molar-refractivity contribution in [3.63, 3.8) is 0 Å². The lowest BCUT2D eigenvalue weighted by atomic mass is 10.2. The molecule has 2 aromatic carbocycles. The Morgan fingerprint density at radius 2 is 1.79 bits per heavy atom. The molecule has 0 atom stereocenters. The zero-order valence-electron chi connectivity index (χ0n) is 13.2. The maximum absolute atomic E-state index is 12.4. The fraction of sp³-hybridized carbons (Fsp3) is 0.176. The van der Waals surface area contributed by atoms with Crippen LogP contribution in [-0.2, 0) is 4.79 Å². The van der Waals surface area contributed by atoms with Gasteiger partial charge in [-0.15, -0.1) is 0 Å². The van der Waals surface area contributed by atoms with Crippen LogP contribution < -0.4 is 10.1 Å².